The summed E-state index contributed by atoms with van der Waals surface area (Å²) in [5.41, 5.74) is 5.89. The second-order valence-corrected chi connectivity index (χ2v) is 4.40. The van der Waals surface area contributed by atoms with Crippen LogP contribution < -0.4 is 5.73 Å². The van der Waals surface area contributed by atoms with Crippen molar-refractivity contribution >= 4 is 23.3 Å². The van der Waals surface area contributed by atoms with E-state index in [4.69, 9.17) is 22.1 Å². The third-order valence-corrected chi connectivity index (χ3v) is 3.05. The van der Waals surface area contributed by atoms with E-state index in [-0.39, 0.29) is 22.9 Å². The predicted molar refractivity (Wildman–Crippen MR) is 71.3 cm³/mol. The van der Waals surface area contributed by atoms with Crippen molar-refractivity contribution in [2.24, 2.45) is 0 Å². The van der Waals surface area contributed by atoms with Crippen LogP contribution in [0.15, 0.2) is 36.4 Å². The van der Waals surface area contributed by atoms with E-state index in [0.717, 1.165) is 12.1 Å². The van der Waals surface area contributed by atoms with Gasteiger partial charge in [-0.2, -0.15) is 0 Å². The quantitative estimate of drug-likeness (QED) is 0.696. The Morgan fingerprint density at radius 3 is 2.75 bits per heavy atom. The Morgan fingerprint density at radius 2 is 2.00 bits per heavy atom. The van der Waals surface area contributed by atoms with Gasteiger partial charge in [-0.15, -0.1) is 0 Å². The highest BCUT2D eigenvalue weighted by atomic mass is 35.5. The first-order valence-corrected chi connectivity index (χ1v) is 6.02. The SMILES string of the molecule is Nc1ccc(F)cc1C(=O)OCc1cccc(F)c1Cl. The van der Waals surface area contributed by atoms with E-state index in [2.05, 4.69) is 0 Å². The Labute approximate surface area is 118 Å². The van der Waals surface area contributed by atoms with Crippen LogP contribution in [0.4, 0.5) is 14.5 Å². The van der Waals surface area contributed by atoms with E-state index < -0.39 is 17.6 Å². The highest BCUT2D eigenvalue weighted by molar-refractivity contribution is 6.31. The van der Waals surface area contributed by atoms with Crippen molar-refractivity contribution in [1.29, 1.82) is 0 Å². The number of rotatable bonds is 3. The summed E-state index contributed by atoms with van der Waals surface area (Å²) in [7, 11) is 0. The molecule has 0 fully saturated rings. The monoisotopic (exact) mass is 297 g/mol. The van der Waals surface area contributed by atoms with Gasteiger partial charge in [0.05, 0.1) is 10.6 Å². The fraction of sp³-hybridized carbons (Fsp3) is 0.0714. The van der Waals surface area contributed by atoms with E-state index in [1.54, 1.807) is 0 Å². The number of ether oxygens (including phenoxy) is 1. The number of hydrogen-bond acceptors (Lipinski definition) is 3. The highest BCUT2D eigenvalue weighted by Gasteiger charge is 2.14. The van der Waals surface area contributed by atoms with E-state index >= 15 is 0 Å². The molecule has 0 heterocycles. The van der Waals surface area contributed by atoms with Gasteiger partial charge in [-0.1, -0.05) is 23.7 Å². The number of hydrogen-bond donors (Lipinski definition) is 1. The largest absolute Gasteiger partial charge is 0.457 e. The first-order chi connectivity index (χ1) is 9.49. The molecule has 6 heteroatoms. The summed E-state index contributed by atoms with van der Waals surface area (Å²) < 4.78 is 31.2. The number of nitrogen functional groups attached to an aromatic ring is 1. The van der Waals surface area contributed by atoms with Crippen LogP contribution in [0.25, 0.3) is 0 Å². The molecule has 20 heavy (non-hydrogen) atoms. The van der Waals surface area contributed by atoms with Crippen LogP contribution in [-0.2, 0) is 11.3 Å². The van der Waals surface area contributed by atoms with Crippen molar-refractivity contribution in [3.8, 4) is 0 Å². The van der Waals surface area contributed by atoms with Gasteiger partial charge in [0.25, 0.3) is 0 Å². The molecular formula is C14H10ClF2NO2. The number of carbonyl (C=O) groups is 1. The maximum absolute atomic E-state index is 13.2. The molecule has 0 aliphatic rings. The summed E-state index contributed by atoms with van der Waals surface area (Å²) in [6.45, 7) is -0.231. The molecule has 0 saturated heterocycles. The van der Waals surface area contributed by atoms with E-state index in [0.29, 0.717) is 5.56 Å². The minimum atomic E-state index is -0.803. The van der Waals surface area contributed by atoms with Crippen LogP contribution in [0.5, 0.6) is 0 Å². The molecule has 0 aromatic heterocycles. The van der Waals surface area contributed by atoms with Crippen molar-refractivity contribution in [2.75, 3.05) is 5.73 Å². The third-order valence-electron chi connectivity index (χ3n) is 2.63. The average Bonchev–Trinajstić information content (AvgIpc) is 2.43. The van der Waals surface area contributed by atoms with Gasteiger partial charge in [-0.25, -0.2) is 13.6 Å². The van der Waals surface area contributed by atoms with E-state index in [1.165, 1.54) is 24.3 Å². The highest BCUT2D eigenvalue weighted by Crippen LogP contribution is 2.21. The lowest BCUT2D eigenvalue weighted by Gasteiger charge is -2.08. The van der Waals surface area contributed by atoms with Gasteiger partial charge >= 0.3 is 5.97 Å². The van der Waals surface area contributed by atoms with Gasteiger partial charge < -0.3 is 10.5 Å². The Kier molecular flexibility index (Phi) is 4.20. The average molecular weight is 298 g/mol. The molecule has 0 saturated carbocycles. The molecule has 0 bridgehead atoms. The van der Waals surface area contributed by atoms with Crippen molar-refractivity contribution in [3.63, 3.8) is 0 Å². The van der Waals surface area contributed by atoms with Gasteiger partial charge in [0.15, 0.2) is 0 Å². The third kappa shape index (κ3) is 3.05. The minimum Gasteiger partial charge on any atom is -0.457 e. The van der Waals surface area contributed by atoms with E-state index in [9.17, 15) is 13.6 Å². The van der Waals surface area contributed by atoms with Gasteiger partial charge in [-0.3, -0.25) is 0 Å². The zero-order valence-corrected chi connectivity index (χ0v) is 11.0. The molecule has 0 aliphatic carbocycles. The summed E-state index contributed by atoms with van der Waals surface area (Å²) in [6, 6.07) is 7.54. The lowest BCUT2D eigenvalue weighted by Crippen LogP contribution is -2.09. The molecule has 2 aromatic carbocycles. The molecular weight excluding hydrogens is 288 g/mol. The molecule has 0 amide bonds. The molecule has 3 nitrogen and oxygen atoms in total. The Morgan fingerprint density at radius 1 is 1.25 bits per heavy atom. The zero-order valence-electron chi connectivity index (χ0n) is 10.2. The van der Waals surface area contributed by atoms with E-state index in [1.807, 2.05) is 0 Å². The van der Waals surface area contributed by atoms with Crippen LogP contribution >= 0.6 is 11.6 Å². The molecule has 0 atom stereocenters. The van der Waals surface area contributed by atoms with Crippen LogP contribution in [0.1, 0.15) is 15.9 Å². The van der Waals surface area contributed by atoms with Crippen molar-refractivity contribution in [1.82, 2.24) is 0 Å². The topological polar surface area (TPSA) is 52.3 Å². The molecule has 0 radical (unpaired) electrons. The number of halogens is 3. The van der Waals surface area contributed by atoms with Gasteiger partial charge in [0.2, 0.25) is 0 Å². The molecule has 0 aliphatic heterocycles. The first kappa shape index (κ1) is 14.3. The summed E-state index contributed by atoms with van der Waals surface area (Å²) in [5, 5.41) is -0.118. The van der Waals surface area contributed by atoms with Crippen molar-refractivity contribution in [3.05, 3.63) is 64.2 Å². The zero-order chi connectivity index (χ0) is 14.7. The maximum Gasteiger partial charge on any atom is 0.340 e. The maximum atomic E-state index is 13.2. The Balaban J connectivity index is 2.13. The lowest BCUT2D eigenvalue weighted by atomic mass is 10.2. The number of esters is 1. The Hall–Kier alpha value is -2.14. The Bertz CT molecular complexity index is 662. The van der Waals surface area contributed by atoms with Crippen molar-refractivity contribution in [2.45, 2.75) is 6.61 Å². The van der Waals surface area contributed by atoms with Crippen LogP contribution in [0.3, 0.4) is 0 Å². The summed E-state index contributed by atoms with van der Waals surface area (Å²) in [6.07, 6.45) is 0. The second-order valence-electron chi connectivity index (χ2n) is 4.02. The van der Waals surface area contributed by atoms with Crippen LogP contribution in [0.2, 0.25) is 5.02 Å². The molecule has 0 unspecified atom stereocenters. The standard InChI is InChI=1S/C14H10ClF2NO2/c15-13-8(2-1-3-11(13)17)7-20-14(19)10-6-9(16)4-5-12(10)18/h1-6H,7,18H2. The molecule has 2 rings (SSSR count). The van der Waals surface area contributed by atoms with Crippen LogP contribution in [-0.4, -0.2) is 5.97 Å². The smallest absolute Gasteiger partial charge is 0.340 e. The summed E-state index contributed by atoms with van der Waals surface area (Å²) in [4.78, 5) is 11.8. The molecule has 2 aromatic rings. The minimum absolute atomic E-state index is 0.0856. The summed E-state index contributed by atoms with van der Waals surface area (Å²) in [5.74, 6) is -2.01. The normalized spacial score (nSPS) is 10.3. The number of anilines is 1. The van der Waals surface area contributed by atoms with Gasteiger partial charge in [0, 0.05) is 11.3 Å². The second kappa shape index (κ2) is 5.88. The number of carbonyl (C=O) groups excluding carboxylic acids is 1. The predicted octanol–water partition coefficient (Wildman–Crippen LogP) is 3.56. The fourth-order valence-electron chi connectivity index (χ4n) is 1.59. The van der Waals surface area contributed by atoms with Crippen LogP contribution in [0, 0.1) is 11.6 Å². The van der Waals surface area contributed by atoms with Gasteiger partial charge in [0.1, 0.15) is 18.2 Å². The summed E-state index contributed by atoms with van der Waals surface area (Å²) >= 11 is 5.73. The molecule has 0 spiro atoms. The number of benzene rings is 2. The van der Waals surface area contributed by atoms with Gasteiger partial charge in [-0.05, 0) is 24.3 Å². The molecule has 104 valence electrons. The van der Waals surface area contributed by atoms with Crippen molar-refractivity contribution < 1.29 is 18.3 Å². The number of nitrogens with two attached hydrogens (primary N) is 1. The molecule has 2 N–H and O–H groups in total. The fourth-order valence-corrected chi connectivity index (χ4v) is 1.77. The first-order valence-electron chi connectivity index (χ1n) is 5.64. The lowest BCUT2D eigenvalue weighted by molar-refractivity contribution is 0.0473.